The van der Waals surface area contributed by atoms with Crippen LogP contribution < -0.4 is 0 Å². The molecule has 0 aromatic rings. The summed E-state index contributed by atoms with van der Waals surface area (Å²) in [5.74, 6) is 0. The van der Waals surface area contributed by atoms with Crippen molar-refractivity contribution in [1.82, 2.24) is 0 Å². The molecule has 0 aromatic heterocycles. The van der Waals surface area contributed by atoms with Gasteiger partial charge in [-0.1, -0.05) is 0 Å². The predicted octanol–water partition coefficient (Wildman–Crippen LogP) is 0.903. The third kappa shape index (κ3) is 26.0. The van der Waals surface area contributed by atoms with Crippen molar-refractivity contribution in [1.29, 1.82) is 0 Å². The number of ether oxygens (including phenoxy) is 8. The molecule has 13 heteroatoms. The zero-order chi connectivity index (χ0) is 23.6. The lowest BCUT2D eigenvalue weighted by molar-refractivity contribution is -0.0229. The van der Waals surface area contributed by atoms with Crippen molar-refractivity contribution in [2.75, 3.05) is 119 Å². The molecule has 0 bridgehead atoms. The van der Waals surface area contributed by atoms with Gasteiger partial charge in [0.1, 0.15) is 0 Å². The first-order valence-corrected chi connectivity index (χ1v) is 12.3. The zero-order valence-corrected chi connectivity index (χ0v) is 20.3. The number of hydrogen-bond donors (Lipinski definition) is 1. The van der Waals surface area contributed by atoms with Gasteiger partial charge < -0.3 is 42.8 Å². The Hall–Kier alpha value is -0.210. The van der Waals surface area contributed by atoms with Crippen LogP contribution in [0.1, 0.15) is 6.92 Å². The Labute approximate surface area is 191 Å². The minimum atomic E-state index is -3.95. The van der Waals surface area contributed by atoms with E-state index >= 15 is 0 Å². The maximum absolute atomic E-state index is 11.2. The molecule has 0 rings (SSSR count). The fourth-order valence-corrected chi connectivity index (χ4v) is 2.68. The standard InChI is InChI=1S/C19H41O12P/c1-3-30-32(20,21)31-19-18-29-17-16-28-15-14-27-13-12-26-11-10-25-9-8-24-7-6-23-5-4-22-2/h3-19H2,1-2H3,(H,20,21). The van der Waals surface area contributed by atoms with Crippen LogP contribution in [0.2, 0.25) is 0 Å². The molecule has 0 saturated carbocycles. The summed E-state index contributed by atoms with van der Waals surface area (Å²) < 4.78 is 62.7. The Morgan fingerprint density at radius 1 is 0.500 bits per heavy atom. The van der Waals surface area contributed by atoms with Crippen molar-refractivity contribution in [2.45, 2.75) is 6.92 Å². The summed E-state index contributed by atoms with van der Waals surface area (Å²) in [5.41, 5.74) is 0. The van der Waals surface area contributed by atoms with E-state index in [4.69, 9.17) is 37.9 Å². The lowest BCUT2D eigenvalue weighted by Gasteiger charge is -2.11. The quantitative estimate of drug-likeness (QED) is 0.129. The Morgan fingerprint density at radius 2 is 0.781 bits per heavy atom. The van der Waals surface area contributed by atoms with Gasteiger partial charge in [0.05, 0.1) is 112 Å². The third-order valence-corrected chi connectivity index (χ3v) is 4.53. The molecule has 0 amide bonds. The second kappa shape index (κ2) is 25.4. The first-order valence-electron chi connectivity index (χ1n) is 10.8. The summed E-state index contributed by atoms with van der Waals surface area (Å²) >= 11 is 0. The highest BCUT2D eigenvalue weighted by atomic mass is 31.2. The second-order valence-corrected chi connectivity index (χ2v) is 7.45. The molecular formula is C19H41O12P. The molecule has 0 aliphatic rings. The molecule has 1 atom stereocenters. The van der Waals surface area contributed by atoms with E-state index in [9.17, 15) is 9.46 Å². The summed E-state index contributed by atoms with van der Waals surface area (Å²) in [5, 5.41) is 0. The van der Waals surface area contributed by atoms with Gasteiger partial charge in [-0.2, -0.15) is 0 Å². The zero-order valence-electron chi connectivity index (χ0n) is 19.4. The summed E-state index contributed by atoms with van der Waals surface area (Å²) in [6.07, 6.45) is 0. The van der Waals surface area contributed by atoms with E-state index in [0.29, 0.717) is 92.5 Å². The molecule has 194 valence electrons. The molecule has 0 aliphatic heterocycles. The Morgan fingerprint density at radius 3 is 1.06 bits per heavy atom. The van der Waals surface area contributed by atoms with Crippen molar-refractivity contribution < 1.29 is 56.4 Å². The Balaban J connectivity index is 3.09. The molecule has 0 aliphatic carbocycles. The summed E-state index contributed by atoms with van der Waals surface area (Å²) in [6.45, 7) is 8.75. The van der Waals surface area contributed by atoms with Crippen LogP contribution in [0.5, 0.6) is 0 Å². The van der Waals surface area contributed by atoms with Crippen molar-refractivity contribution in [3.05, 3.63) is 0 Å². The van der Waals surface area contributed by atoms with Gasteiger partial charge in [0.15, 0.2) is 0 Å². The molecule has 1 N–H and O–H groups in total. The van der Waals surface area contributed by atoms with Crippen LogP contribution in [0, 0.1) is 0 Å². The molecule has 0 radical (unpaired) electrons. The highest BCUT2D eigenvalue weighted by Gasteiger charge is 2.18. The maximum Gasteiger partial charge on any atom is 0.472 e. The number of hydrogen-bond acceptors (Lipinski definition) is 11. The number of methoxy groups -OCH3 is 1. The molecule has 1 unspecified atom stereocenters. The van der Waals surface area contributed by atoms with Gasteiger partial charge in [-0.15, -0.1) is 0 Å². The Bertz CT molecular complexity index is 416. The minimum absolute atomic E-state index is 0.0270. The third-order valence-electron chi connectivity index (χ3n) is 3.44. The van der Waals surface area contributed by atoms with Crippen LogP contribution in [0.25, 0.3) is 0 Å². The van der Waals surface area contributed by atoms with Crippen molar-refractivity contribution in [3.63, 3.8) is 0 Å². The average molecular weight is 492 g/mol. The molecule has 0 fully saturated rings. The lowest BCUT2D eigenvalue weighted by Crippen LogP contribution is -2.15. The van der Waals surface area contributed by atoms with Gasteiger partial charge >= 0.3 is 7.82 Å². The molecule has 0 spiro atoms. The van der Waals surface area contributed by atoms with Gasteiger partial charge in [0.25, 0.3) is 0 Å². The highest BCUT2D eigenvalue weighted by molar-refractivity contribution is 7.47. The lowest BCUT2D eigenvalue weighted by atomic mass is 10.6. The molecule has 0 saturated heterocycles. The van der Waals surface area contributed by atoms with Crippen LogP contribution in [-0.4, -0.2) is 124 Å². The smallest absolute Gasteiger partial charge is 0.382 e. The van der Waals surface area contributed by atoms with E-state index in [1.807, 2.05) is 0 Å². The summed E-state index contributed by atoms with van der Waals surface area (Å²) in [6, 6.07) is 0. The van der Waals surface area contributed by atoms with Crippen LogP contribution in [0.3, 0.4) is 0 Å². The van der Waals surface area contributed by atoms with Gasteiger partial charge in [-0.25, -0.2) is 4.57 Å². The molecule has 12 nitrogen and oxygen atoms in total. The van der Waals surface area contributed by atoms with Crippen LogP contribution in [-0.2, 0) is 51.5 Å². The van der Waals surface area contributed by atoms with E-state index in [1.54, 1.807) is 14.0 Å². The fraction of sp³-hybridized carbons (Fsp3) is 1.00. The topological polar surface area (TPSA) is 130 Å². The van der Waals surface area contributed by atoms with E-state index in [-0.39, 0.29) is 19.8 Å². The average Bonchev–Trinajstić information content (AvgIpc) is 2.76. The molecular weight excluding hydrogens is 451 g/mol. The highest BCUT2D eigenvalue weighted by Crippen LogP contribution is 2.42. The fourth-order valence-electron chi connectivity index (χ4n) is 1.98. The van der Waals surface area contributed by atoms with Gasteiger partial charge in [-0.05, 0) is 6.92 Å². The van der Waals surface area contributed by atoms with E-state index in [2.05, 4.69) is 9.05 Å². The summed E-state index contributed by atoms with van der Waals surface area (Å²) in [4.78, 5) is 9.18. The normalized spacial score (nSPS) is 13.5. The van der Waals surface area contributed by atoms with Gasteiger partial charge in [-0.3, -0.25) is 9.05 Å². The Kier molecular flexibility index (Phi) is 25.2. The van der Waals surface area contributed by atoms with Crippen LogP contribution >= 0.6 is 7.82 Å². The minimum Gasteiger partial charge on any atom is -0.382 e. The molecule has 0 aromatic carbocycles. The number of phosphoric ester groups is 1. The summed E-state index contributed by atoms with van der Waals surface area (Å²) in [7, 11) is -2.31. The number of rotatable bonds is 27. The second-order valence-electron chi connectivity index (χ2n) is 6.00. The largest absolute Gasteiger partial charge is 0.472 e. The maximum atomic E-state index is 11.2. The van der Waals surface area contributed by atoms with Gasteiger partial charge in [0, 0.05) is 7.11 Å². The van der Waals surface area contributed by atoms with E-state index < -0.39 is 7.82 Å². The first-order chi connectivity index (χ1) is 15.6. The monoisotopic (exact) mass is 492 g/mol. The van der Waals surface area contributed by atoms with E-state index in [0.717, 1.165) is 0 Å². The van der Waals surface area contributed by atoms with Gasteiger partial charge in [0.2, 0.25) is 0 Å². The number of phosphoric acid groups is 1. The van der Waals surface area contributed by atoms with Crippen molar-refractivity contribution >= 4 is 7.82 Å². The molecule has 32 heavy (non-hydrogen) atoms. The van der Waals surface area contributed by atoms with Crippen molar-refractivity contribution in [3.8, 4) is 0 Å². The van der Waals surface area contributed by atoms with Crippen molar-refractivity contribution in [2.24, 2.45) is 0 Å². The predicted molar refractivity (Wildman–Crippen MR) is 115 cm³/mol. The first kappa shape index (κ1) is 31.8. The van der Waals surface area contributed by atoms with Crippen LogP contribution in [0.4, 0.5) is 0 Å². The SMILES string of the molecule is CCOP(=O)(O)OCCOCCOCCOCCOCCOCCOCCOCCOC. The van der Waals surface area contributed by atoms with E-state index in [1.165, 1.54) is 0 Å². The molecule has 0 heterocycles. The van der Waals surface area contributed by atoms with Crippen LogP contribution in [0.15, 0.2) is 0 Å².